The Labute approximate surface area is 103 Å². The van der Waals surface area contributed by atoms with Crippen molar-refractivity contribution in [2.75, 3.05) is 19.0 Å². The number of hydrogen-bond acceptors (Lipinski definition) is 6. The smallest absolute Gasteiger partial charge is 0.322 e. The third-order valence-electron chi connectivity index (χ3n) is 1.88. The summed E-state index contributed by atoms with van der Waals surface area (Å²) in [5, 5.41) is 7.50. The molecule has 7 nitrogen and oxygen atoms in total. The second-order valence-corrected chi connectivity index (χ2v) is 3.52. The number of ether oxygens (including phenoxy) is 1. The molecule has 1 N–H and O–H groups in total. The van der Waals surface area contributed by atoms with Gasteiger partial charge in [0.2, 0.25) is 5.95 Å². The van der Waals surface area contributed by atoms with Gasteiger partial charge in [0.05, 0.1) is 24.5 Å². The Morgan fingerprint density at radius 1 is 1.41 bits per heavy atom. The molecule has 0 aliphatic rings. The Balaban J connectivity index is 2.42. The van der Waals surface area contributed by atoms with Crippen LogP contribution in [0.3, 0.4) is 0 Å². The molecule has 17 heavy (non-hydrogen) atoms. The predicted molar refractivity (Wildman–Crippen MR) is 62.7 cm³/mol. The van der Waals surface area contributed by atoms with Gasteiger partial charge in [-0.15, -0.1) is 0 Å². The van der Waals surface area contributed by atoms with E-state index in [1.165, 1.54) is 18.0 Å². The molecule has 0 saturated carbocycles. The Morgan fingerprint density at radius 3 is 2.82 bits per heavy atom. The van der Waals surface area contributed by atoms with E-state index in [1.54, 1.807) is 6.20 Å². The van der Waals surface area contributed by atoms with Gasteiger partial charge >= 0.3 is 6.01 Å². The first-order chi connectivity index (χ1) is 8.22. The molecule has 0 aliphatic carbocycles. The molecule has 0 saturated heterocycles. The molecule has 0 unspecified atom stereocenters. The summed E-state index contributed by atoms with van der Waals surface area (Å²) in [4.78, 5) is 12.3. The highest BCUT2D eigenvalue weighted by Gasteiger charge is 2.08. The first kappa shape index (κ1) is 11.6. The molecule has 0 atom stereocenters. The maximum Gasteiger partial charge on any atom is 0.322 e. The second kappa shape index (κ2) is 4.96. The number of anilines is 1. The fourth-order valence-corrected chi connectivity index (χ4v) is 1.32. The molecule has 2 aromatic heterocycles. The van der Waals surface area contributed by atoms with Crippen LogP contribution < -0.4 is 10.1 Å². The molecule has 0 aromatic carbocycles. The van der Waals surface area contributed by atoms with Gasteiger partial charge in [0.25, 0.3) is 5.95 Å². The molecule has 8 heteroatoms. The Bertz CT molecular complexity index is 514. The van der Waals surface area contributed by atoms with Gasteiger partial charge < -0.3 is 10.1 Å². The lowest BCUT2D eigenvalue weighted by Gasteiger charge is -2.06. The molecule has 0 amide bonds. The summed E-state index contributed by atoms with van der Waals surface area (Å²) in [5.74, 6) is 0.778. The van der Waals surface area contributed by atoms with Crippen molar-refractivity contribution in [1.29, 1.82) is 0 Å². The monoisotopic (exact) mass is 254 g/mol. The van der Waals surface area contributed by atoms with Crippen molar-refractivity contribution in [3.63, 3.8) is 0 Å². The van der Waals surface area contributed by atoms with Gasteiger partial charge in [0, 0.05) is 6.54 Å². The van der Waals surface area contributed by atoms with Crippen molar-refractivity contribution in [1.82, 2.24) is 24.7 Å². The highest BCUT2D eigenvalue weighted by molar-refractivity contribution is 6.30. The van der Waals surface area contributed by atoms with Crippen molar-refractivity contribution in [2.45, 2.75) is 6.92 Å². The zero-order valence-electron chi connectivity index (χ0n) is 9.38. The summed E-state index contributed by atoms with van der Waals surface area (Å²) >= 11 is 5.78. The van der Waals surface area contributed by atoms with Crippen LogP contribution in [-0.4, -0.2) is 38.4 Å². The van der Waals surface area contributed by atoms with Crippen LogP contribution in [0.15, 0.2) is 12.4 Å². The van der Waals surface area contributed by atoms with E-state index < -0.39 is 0 Å². The SMILES string of the molecule is CCNc1nc(OC)nc(-n2cc(Cl)cn2)n1. The maximum absolute atomic E-state index is 5.78. The highest BCUT2D eigenvalue weighted by Crippen LogP contribution is 2.12. The normalized spacial score (nSPS) is 10.3. The van der Waals surface area contributed by atoms with Crippen LogP contribution in [0.4, 0.5) is 5.95 Å². The average molecular weight is 255 g/mol. The van der Waals surface area contributed by atoms with Gasteiger partial charge in [-0.25, -0.2) is 4.68 Å². The standard InChI is InChI=1S/C9H11ClN6O/c1-3-11-7-13-8(15-9(14-7)17-2)16-5-6(10)4-12-16/h4-5H,3H2,1-2H3,(H,11,13,14,15). The van der Waals surface area contributed by atoms with E-state index in [4.69, 9.17) is 16.3 Å². The second-order valence-electron chi connectivity index (χ2n) is 3.08. The van der Waals surface area contributed by atoms with Gasteiger partial charge in [-0.3, -0.25) is 0 Å². The molecule has 2 aromatic rings. The number of rotatable bonds is 4. The van der Waals surface area contributed by atoms with Gasteiger partial charge in [0.15, 0.2) is 0 Å². The summed E-state index contributed by atoms with van der Waals surface area (Å²) in [6.07, 6.45) is 3.11. The number of nitrogens with one attached hydrogen (secondary N) is 1. The van der Waals surface area contributed by atoms with Crippen LogP contribution in [0.5, 0.6) is 6.01 Å². The minimum Gasteiger partial charge on any atom is -0.467 e. The zero-order chi connectivity index (χ0) is 12.3. The summed E-state index contributed by atoms with van der Waals surface area (Å²) in [6, 6.07) is 0.220. The topological polar surface area (TPSA) is 77.8 Å². The largest absolute Gasteiger partial charge is 0.467 e. The van der Waals surface area contributed by atoms with Crippen molar-refractivity contribution >= 4 is 17.5 Å². The van der Waals surface area contributed by atoms with Crippen LogP contribution in [0.2, 0.25) is 5.02 Å². The van der Waals surface area contributed by atoms with Gasteiger partial charge in [-0.2, -0.15) is 20.1 Å². The molecule has 0 aliphatic heterocycles. The van der Waals surface area contributed by atoms with E-state index >= 15 is 0 Å². The number of aromatic nitrogens is 5. The summed E-state index contributed by atoms with van der Waals surface area (Å²) < 4.78 is 6.45. The van der Waals surface area contributed by atoms with Crippen LogP contribution in [-0.2, 0) is 0 Å². The quantitative estimate of drug-likeness (QED) is 0.882. The third kappa shape index (κ3) is 2.62. The minimum atomic E-state index is 0.220. The Hall–Kier alpha value is -1.89. The van der Waals surface area contributed by atoms with Gasteiger partial charge in [-0.05, 0) is 6.92 Å². The van der Waals surface area contributed by atoms with E-state index in [9.17, 15) is 0 Å². The van der Waals surface area contributed by atoms with Crippen molar-refractivity contribution < 1.29 is 4.74 Å². The molecule has 2 heterocycles. The molecule has 0 fully saturated rings. The number of hydrogen-bond donors (Lipinski definition) is 1. The third-order valence-corrected chi connectivity index (χ3v) is 2.07. The van der Waals surface area contributed by atoms with Crippen molar-refractivity contribution in [3.05, 3.63) is 17.4 Å². The minimum absolute atomic E-state index is 0.220. The first-order valence-electron chi connectivity index (χ1n) is 4.97. The number of methoxy groups -OCH3 is 1. The van der Waals surface area contributed by atoms with E-state index in [-0.39, 0.29) is 6.01 Å². The highest BCUT2D eigenvalue weighted by atomic mass is 35.5. The molecule has 0 spiro atoms. The van der Waals surface area contributed by atoms with Crippen LogP contribution in [0.1, 0.15) is 6.92 Å². The van der Waals surface area contributed by atoms with Crippen LogP contribution in [0, 0.1) is 0 Å². The number of nitrogens with zero attached hydrogens (tertiary/aromatic N) is 5. The molecule has 2 rings (SSSR count). The summed E-state index contributed by atoms with van der Waals surface area (Å²) in [5.41, 5.74) is 0. The Kier molecular flexibility index (Phi) is 3.38. The zero-order valence-corrected chi connectivity index (χ0v) is 10.1. The van der Waals surface area contributed by atoms with E-state index in [1.807, 2.05) is 6.92 Å². The Morgan fingerprint density at radius 2 is 2.24 bits per heavy atom. The lowest BCUT2D eigenvalue weighted by Crippen LogP contribution is -2.10. The first-order valence-corrected chi connectivity index (χ1v) is 5.35. The van der Waals surface area contributed by atoms with E-state index in [2.05, 4.69) is 25.4 Å². The molecular formula is C9H11ClN6O. The number of halogens is 1. The molecule has 0 radical (unpaired) electrons. The van der Waals surface area contributed by atoms with E-state index in [0.717, 1.165) is 0 Å². The van der Waals surface area contributed by atoms with E-state index in [0.29, 0.717) is 23.5 Å². The van der Waals surface area contributed by atoms with Crippen molar-refractivity contribution in [2.24, 2.45) is 0 Å². The summed E-state index contributed by atoms with van der Waals surface area (Å²) in [7, 11) is 1.49. The lowest BCUT2D eigenvalue weighted by atomic mass is 10.7. The fourth-order valence-electron chi connectivity index (χ4n) is 1.19. The average Bonchev–Trinajstić information content (AvgIpc) is 2.76. The van der Waals surface area contributed by atoms with Crippen LogP contribution in [0.25, 0.3) is 5.95 Å². The predicted octanol–water partition coefficient (Wildman–Crippen LogP) is 1.15. The fraction of sp³-hybridized carbons (Fsp3) is 0.333. The van der Waals surface area contributed by atoms with Gasteiger partial charge in [0.1, 0.15) is 0 Å². The lowest BCUT2D eigenvalue weighted by molar-refractivity contribution is 0.377. The molecule has 0 bridgehead atoms. The summed E-state index contributed by atoms with van der Waals surface area (Å²) in [6.45, 7) is 2.65. The van der Waals surface area contributed by atoms with Crippen LogP contribution >= 0.6 is 11.6 Å². The maximum atomic E-state index is 5.78. The van der Waals surface area contributed by atoms with Gasteiger partial charge in [-0.1, -0.05) is 11.6 Å². The van der Waals surface area contributed by atoms with Crippen molar-refractivity contribution in [3.8, 4) is 12.0 Å². The molecule has 90 valence electrons. The molecular weight excluding hydrogens is 244 g/mol.